The first kappa shape index (κ1) is 23.0. The van der Waals surface area contributed by atoms with E-state index in [0.29, 0.717) is 42.4 Å². The molecule has 1 aliphatic heterocycles. The Hall–Kier alpha value is -3.13. The van der Waals surface area contributed by atoms with E-state index in [9.17, 15) is 9.59 Å². The van der Waals surface area contributed by atoms with Gasteiger partial charge in [0.15, 0.2) is 0 Å². The number of nitrogens with zero attached hydrogens (tertiary/aromatic N) is 3. The van der Waals surface area contributed by atoms with Crippen LogP contribution in [0.5, 0.6) is 5.75 Å². The molecule has 0 spiro atoms. The molecule has 1 fully saturated rings. The van der Waals surface area contributed by atoms with Crippen LogP contribution in [0.1, 0.15) is 39.3 Å². The van der Waals surface area contributed by atoms with Crippen molar-refractivity contribution in [3.05, 3.63) is 76.3 Å². The lowest BCUT2D eigenvalue weighted by atomic mass is 9.96. The summed E-state index contributed by atoms with van der Waals surface area (Å²) in [6, 6.07) is 12.8. The molecular formula is C25H27BrN4O3. The molecule has 0 unspecified atom stereocenters. The van der Waals surface area contributed by atoms with E-state index in [1.165, 1.54) is 0 Å². The number of amides is 2. The van der Waals surface area contributed by atoms with Crippen LogP contribution in [-0.4, -0.2) is 53.0 Å². The van der Waals surface area contributed by atoms with Crippen molar-refractivity contribution in [2.24, 2.45) is 5.92 Å². The van der Waals surface area contributed by atoms with Gasteiger partial charge in [-0.1, -0.05) is 15.9 Å². The van der Waals surface area contributed by atoms with E-state index in [4.69, 9.17) is 4.74 Å². The Morgan fingerprint density at radius 3 is 2.45 bits per heavy atom. The van der Waals surface area contributed by atoms with Crippen molar-refractivity contribution >= 4 is 27.7 Å². The molecule has 3 aromatic rings. The number of halogens is 1. The number of ether oxygens (including phenoxy) is 1. The van der Waals surface area contributed by atoms with Crippen LogP contribution in [0.25, 0.3) is 5.69 Å². The van der Waals surface area contributed by atoms with Crippen molar-refractivity contribution < 1.29 is 14.3 Å². The molecule has 33 heavy (non-hydrogen) atoms. The molecule has 7 nitrogen and oxygen atoms in total. The largest absolute Gasteiger partial charge is 0.495 e. The number of benzene rings is 2. The molecule has 0 bridgehead atoms. The number of hydrogen-bond acceptors (Lipinski definition) is 4. The molecule has 1 aromatic heterocycles. The van der Waals surface area contributed by atoms with E-state index >= 15 is 0 Å². The Labute approximate surface area is 201 Å². The monoisotopic (exact) mass is 510 g/mol. The molecule has 1 N–H and O–H groups in total. The van der Waals surface area contributed by atoms with Crippen molar-refractivity contribution in [2.75, 3.05) is 26.7 Å². The minimum absolute atomic E-state index is 0.0604. The molecule has 0 radical (unpaired) electrons. The second-order valence-electron chi connectivity index (χ2n) is 8.26. The number of hydrogen-bond donors (Lipinski definition) is 1. The predicted octanol–water partition coefficient (Wildman–Crippen LogP) is 4.23. The van der Waals surface area contributed by atoms with Gasteiger partial charge >= 0.3 is 0 Å². The van der Waals surface area contributed by atoms with Gasteiger partial charge in [-0.05, 0) is 68.1 Å². The van der Waals surface area contributed by atoms with Gasteiger partial charge in [0.25, 0.3) is 11.8 Å². The molecule has 8 heteroatoms. The SMILES string of the molecule is COc1cc(C(=O)NCC2CCN(C(=O)c3ccc(Br)cc3)CC2)ccc1-n1cnc(C)c1. The number of rotatable bonds is 6. The topological polar surface area (TPSA) is 76.5 Å². The van der Waals surface area contributed by atoms with E-state index in [0.717, 1.165) is 28.7 Å². The van der Waals surface area contributed by atoms with Gasteiger partial charge < -0.3 is 19.5 Å². The van der Waals surface area contributed by atoms with Crippen LogP contribution in [0.3, 0.4) is 0 Å². The summed E-state index contributed by atoms with van der Waals surface area (Å²) < 4.78 is 8.33. The van der Waals surface area contributed by atoms with Crippen LogP contribution in [0.15, 0.2) is 59.5 Å². The molecule has 1 aliphatic rings. The first-order valence-electron chi connectivity index (χ1n) is 11.0. The van der Waals surface area contributed by atoms with Gasteiger partial charge in [0.2, 0.25) is 0 Å². The number of likely N-dealkylation sites (tertiary alicyclic amines) is 1. The van der Waals surface area contributed by atoms with Crippen molar-refractivity contribution in [1.29, 1.82) is 0 Å². The highest BCUT2D eigenvalue weighted by Gasteiger charge is 2.24. The van der Waals surface area contributed by atoms with Crippen molar-refractivity contribution in [3.8, 4) is 11.4 Å². The third kappa shape index (κ3) is 5.45. The second-order valence-corrected chi connectivity index (χ2v) is 9.18. The van der Waals surface area contributed by atoms with E-state index in [1.807, 2.05) is 52.9 Å². The van der Waals surface area contributed by atoms with Gasteiger partial charge in [0.05, 0.1) is 24.8 Å². The Morgan fingerprint density at radius 2 is 1.82 bits per heavy atom. The Balaban J connectivity index is 1.30. The maximum absolute atomic E-state index is 12.7. The van der Waals surface area contributed by atoms with Gasteiger partial charge in [0, 0.05) is 41.4 Å². The summed E-state index contributed by atoms with van der Waals surface area (Å²) in [4.78, 5) is 31.6. The highest BCUT2D eigenvalue weighted by Crippen LogP contribution is 2.25. The zero-order valence-corrected chi connectivity index (χ0v) is 20.3. The number of imidazole rings is 1. The average molecular weight is 511 g/mol. The van der Waals surface area contributed by atoms with Crippen LogP contribution in [0.4, 0.5) is 0 Å². The molecule has 4 rings (SSSR count). The van der Waals surface area contributed by atoms with Crippen LogP contribution in [0, 0.1) is 12.8 Å². The fraction of sp³-hybridized carbons (Fsp3) is 0.320. The van der Waals surface area contributed by atoms with Gasteiger partial charge in [-0.3, -0.25) is 9.59 Å². The zero-order chi connectivity index (χ0) is 23.4. The summed E-state index contributed by atoms with van der Waals surface area (Å²) in [7, 11) is 1.59. The first-order valence-corrected chi connectivity index (χ1v) is 11.8. The number of nitrogens with one attached hydrogen (secondary N) is 1. The lowest BCUT2D eigenvalue weighted by Gasteiger charge is -2.32. The molecule has 2 heterocycles. The normalized spacial score (nSPS) is 14.2. The number of piperidine rings is 1. The number of aromatic nitrogens is 2. The maximum atomic E-state index is 12.7. The standard InChI is InChI=1S/C25H27BrN4O3/c1-17-15-30(16-28-17)22-8-5-20(13-23(22)33-2)24(31)27-14-18-9-11-29(12-10-18)25(32)19-3-6-21(26)7-4-19/h3-8,13,15-16,18H,9-12,14H2,1-2H3,(H,27,31). The van der Waals surface area contributed by atoms with E-state index in [-0.39, 0.29) is 11.8 Å². The summed E-state index contributed by atoms with van der Waals surface area (Å²) >= 11 is 3.40. The molecule has 2 aromatic carbocycles. The van der Waals surface area contributed by atoms with Crippen LogP contribution in [0.2, 0.25) is 0 Å². The smallest absolute Gasteiger partial charge is 0.253 e. The molecule has 0 atom stereocenters. The summed E-state index contributed by atoms with van der Waals surface area (Å²) in [6.07, 6.45) is 5.36. The average Bonchev–Trinajstić information content (AvgIpc) is 3.28. The maximum Gasteiger partial charge on any atom is 0.253 e. The third-order valence-electron chi connectivity index (χ3n) is 5.98. The predicted molar refractivity (Wildman–Crippen MR) is 130 cm³/mol. The first-order chi connectivity index (χ1) is 15.9. The Morgan fingerprint density at radius 1 is 1.12 bits per heavy atom. The van der Waals surface area contributed by atoms with E-state index < -0.39 is 0 Å². The molecule has 172 valence electrons. The highest BCUT2D eigenvalue weighted by atomic mass is 79.9. The third-order valence-corrected chi connectivity index (χ3v) is 6.50. The lowest BCUT2D eigenvalue weighted by Crippen LogP contribution is -2.41. The molecule has 1 saturated heterocycles. The summed E-state index contributed by atoms with van der Waals surface area (Å²) in [5.74, 6) is 0.887. The number of methoxy groups -OCH3 is 1. The number of carbonyl (C=O) groups excluding carboxylic acids is 2. The number of carbonyl (C=O) groups is 2. The molecule has 2 amide bonds. The minimum Gasteiger partial charge on any atom is -0.495 e. The number of aryl methyl sites for hydroxylation is 1. The quantitative estimate of drug-likeness (QED) is 0.538. The van der Waals surface area contributed by atoms with Crippen molar-refractivity contribution in [2.45, 2.75) is 19.8 Å². The Kier molecular flexibility index (Phi) is 7.13. The van der Waals surface area contributed by atoms with Crippen LogP contribution in [-0.2, 0) is 0 Å². The molecular weight excluding hydrogens is 484 g/mol. The van der Waals surface area contributed by atoms with E-state index in [2.05, 4.69) is 26.2 Å². The highest BCUT2D eigenvalue weighted by molar-refractivity contribution is 9.10. The van der Waals surface area contributed by atoms with E-state index in [1.54, 1.807) is 25.6 Å². The molecule has 0 aliphatic carbocycles. The second kappa shape index (κ2) is 10.2. The lowest BCUT2D eigenvalue weighted by molar-refractivity contribution is 0.0684. The van der Waals surface area contributed by atoms with Gasteiger partial charge in [-0.2, -0.15) is 0 Å². The fourth-order valence-electron chi connectivity index (χ4n) is 4.04. The fourth-order valence-corrected chi connectivity index (χ4v) is 4.30. The zero-order valence-electron chi connectivity index (χ0n) is 18.8. The molecule has 0 saturated carbocycles. The summed E-state index contributed by atoms with van der Waals surface area (Å²) in [5.41, 5.74) is 2.99. The summed E-state index contributed by atoms with van der Waals surface area (Å²) in [6.45, 7) is 3.90. The summed E-state index contributed by atoms with van der Waals surface area (Å²) in [5, 5.41) is 3.04. The van der Waals surface area contributed by atoms with Crippen LogP contribution < -0.4 is 10.1 Å². The van der Waals surface area contributed by atoms with Gasteiger partial charge in [-0.15, -0.1) is 0 Å². The minimum atomic E-state index is -0.130. The van der Waals surface area contributed by atoms with Crippen molar-refractivity contribution in [3.63, 3.8) is 0 Å². The van der Waals surface area contributed by atoms with Gasteiger partial charge in [-0.25, -0.2) is 4.98 Å². The van der Waals surface area contributed by atoms with Gasteiger partial charge in [0.1, 0.15) is 5.75 Å². The van der Waals surface area contributed by atoms with Crippen molar-refractivity contribution in [1.82, 2.24) is 19.8 Å². The van der Waals surface area contributed by atoms with Crippen LogP contribution >= 0.6 is 15.9 Å². The Bertz CT molecular complexity index is 1130.